The summed E-state index contributed by atoms with van der Waals surface area (Å²) in [5, 5.41) is 0. The number of aromatic nitrogens is 3. The molecule has 0 radical (unpaired) electrons. The number of piperidine rings is 1. The Hall–Kier alpha value is -2.66. The Kier molecular flexibility index (Phi) is 5.72. The highest BCUT2D eigenvalue weighted by molar-refractivity contribution is 5.59. The number of pyridine rings is 1. The van der Waals surface area contributed by atoms with Gasteiger partial charge in [0, 0.05) is 54.6 Å². The van der Waals surface area contributed by atoms with Crippen LogP contribution in [0, 0.1) is 5.82 Å². The summed E-state index contributed by atoms with van der Waals surface area (Å²) in [6.45, 7) is 5.01. The number of aryl methyl sites for hydroxylation is 1. The lowest BCUT2D eigenvalue weighted by Crippen LogP contribution is -2.34. The molecule has 3 aromatic rings. The number of likely N-dealkylation sites (tertiary alicyclic amines) is 1. The molecule has 0 N–H and O–H groups in total. The van der Waals surface area contributed by atoms with Crippen LogP contribution in [0.15, 0.2) is 54.9 Å². The highest BCUT2D eigenvalue weighted by Gasteiger charge is 2.23. The molecule has 2 aromatic heterocycles. The van der Waals surface area contributed by atoms with Gasteiger partial charge in [-0.2, -0.15) is 0 Å². The minimum absolute atomic E-state index is 0.223. The summed E-state index contributed by atoms with van der Waals surface area (Å²) in [6.07, 6.45) is 7.05. The summed E-state index contributed by atoms with van der Waals surface area (Å²) in [4.78, 5) is 16.2. The zero-order chi connectivity index (χ0) is 19.3. The Morgan fingerprint density at radius 3 is 2.61 bits per heavy atom. The molecule has 4 nitrogen and oxygen atoms in total. The van der Waals surface area contributed by atoms with E-state index in [1.807, 2.05) is 18.5 Å². The molecule has 0 saturated carbocycles. The smallest absolute Gasteiger partial charge is 0.127 e. The van der Waals surface area contributed by atoms with E-state index < -0.39 is 0 Å². The third-order valence-electron chi connectivity index (χ3n) is 5.32. The molecule has 4 rings (SSSR count). The minimum atomic E-state index is -0.223. The van der Waals surface area contributed by atoms with Gasteiger partial charge in [-0.1, -0.05) is 13.0 Å². The van der Waals surface area contributed by atoms with Crippen molar-refractivity contribution in [1.82, 2.24) is 19.9 Å². The molecule has 1 aliphatic rings. The van der Waals surface area contributed by atoms with Crippen molar-refractivity contribution in [3.63, 3.8) is 0 Å². The maximum atomic E-state index is 13.2. The van der Waals surface area contributed by atoms with Crippen LogP contribution in [0.3, 0.4) is 0 Å². The summed E-state index contributed by atoms with van der Waals surface area (Å²) in [7, 11) is 0. The van der Waals surface area contributed by atoms with Crippen LogP contribution in [-0.4, -0.2) is 32.9 Å². The first-order chi connectivity index (χ1) is 13.7. The summed E-state index contributed by atoms with van der Waals surface area (Å²) < 4.78 is 13.2. The SMILES string of the molecule is CCc1ncc(CN2CCC[C@@H](c3cccc(-c4ccc(F)cc4)n3)C2)cn1. The summed E-state index contributed by atoms with van der Waals surface area (Å²) in [5.41, 5.74) is 4.12. The van der Waals surface area contributed by atoms with Gasteiger partial charge >= 0.3 is 0 Å². The lowest BCUT2D eigenvalue weighted by molar-refractivity contribution is 0.198. The van der Waals surface area contributed by atoms with Gasteiger partial charge in [0.1, 0.15) is 11.6 Å². The monoisotopic (exact) mass is 376 g/mol. The van der Waals surface area contributed by atoms with Crippen LogP contribution >= 0.6 is 0 Å². The highest BCUT2D eigenvalue weighted by Crippen LogP contribution is 2.28. The van der Waals surface area contributed by atoms with Crippen molar-refractivity contribution >= 4 is 0 Å². The predicted molar refractivity (Wildman–Crippen MR) is 108 cm³/mol. The zero-order valence-electron chi connectivity index (χ0n) is 16.2. The first-order valence-electron chi connectivity index (χ1n) is 9.96. The molecule has 0 aliphatic carbocycles. The fraction of sp³-hybridized carbons (Fsp3) is 0.348. The Balaban J connectivity index is 1.46. The molecular weight excluding hydrogens is 351 g/mol. The molecule has 0 spiro atoms. The number of nitrogens with zero attached hydrogens (tertiary/aromatic N) is 4. The molecular formula is C23H25FN4. The normalized spacial score (nSPS) is 17.6. The summed E-state index contributed by atoms with van der Waals surface area (Å²) in [5.74, 6) is 1.07. The van der Waals surface area contributed by atoms with Crippen LogP contribution < -0.4 is 0 Å². The molecule has 1 atom stereocenters. The standard InChI is InChI=1S/C23H25FN4/c1-2-23-25-13-17(14-26-23)15-28-12-4-5-19(16-28)22-7-3-6-21(27-22)18-8-10-20(24)11-9-18/h3,6-11,13-14,19H,2,4-5,12,15-16H2,1H3/t19-/m1/s1. The van der Waals surface area contributed by atoms with Gasteiger partial charge in [0.05, 0.1) is 5.69 Å². The molecule has 0 bridgehead atoms. The molecule has 1 saturated heterocycles. The molecule has 5 heteroatoms. The van der Waals surface area contributed by atoms with E-state index >= 15 is 0 Å². The van der Waals surface area contributed by atoms with E-state index in [0.29, 0.717) is 5.92 Å². The van der Waals surface area contributed by atoms with Gasteiger partial charge in [-0.25, -0.2) is 14.4 Å². The molecule has 0 unspecified atom stereocenters. The van der Waals surface area contributed by atoms with E-state index in [-0.39, 0.29) is 5.82 Å². The number of halogens is 1. The van der Waals surface area contributed by atoms with E-state index in [4.69, 9.17) is 4.98 Å². The van der Waals surface area contributed by atoms with E-state index in [0.717, 1.165) is 67.2 Å². The van der Waals surface area contributed by atoms with E-state index in [1.54, 1.807) is 12.1 Å². The summed E-state index contributed by atoms with van der Waals surface area (Å²) >= 11 is 0. The van der Waals surface area contributed by atoms with Crippen molar-refractivity contribution in [3.8, 4) is 11.3 Å². The predicted octanol–water partition coefficient (Wildman–Crippen LogP) is 4.62. The van der Waals surface area contributed by atoms with Crippen molar-refractivity contribution in [3.05, 3.63) is 77.8 Å². The molecule has 0 amide bonds. The van der Waals surface area contributed by atoms with Gasteiger partial charge in [-0.3, -0.25) is 9.88 Å². The van der Waals surface area contributed by atoms with Gasteiger partial charge in [0.2, 0.25) is 0 Å². The third-order valence-corrected chi connectivity index (χ3v) is 5.32. The first-order valence-corrected chi connectivity index (χ1v) is 9.96. The molecule has 1 fully saturated rings. The first kappa shape index (κ1) is 18.7. The minimum Gasteiger partial charge on any atom is -0.298 e. The Morgan fingerprint density at radius 1 is 1.07 bits per heavy atom. The number of rotatable bonds is 5. The van der Waals surface area contributed by atoms with E-state index in [2.05, 4.69) is 33.9 Å². The van der Waals surface area contributed by atoms with Gasteiger partial charge in [-0.15, -0.1) is 0 Å². The molecule has 28 heavy (non-hydrogen) atoms. The van der Waals surface area contributed by atoms with Crippen LogP contribution in [0.5, 0.6) is 0 Å². The van der Waals surface area contributed by atoms with Crippen molar-refractivity contribution in [2.24, 2.45) is 0 Å². The van der Waals surface area contributed by atoms with Gasteiger partial charge in [0.15, 0.2) is 0 Å². The second-order valence-electron chi connectivity index (χ2n) is 7.39. The van der Waals surface area contributed by atoms with E-state index in [1.165, 1.54) is 12.1 Å². The lowest BCUT2D eigenvalue weighted by atomic mass is 9.93. The lowest BCUT2D eigenvalue weighted by Gasteiger charge is -2.32. The number of hydrogen-bond acceptors (Lipinski definition) is 4. The van der Waals surface area contributed by atoms with Crippen LogP contribution in [0.25, 0.3) is 11.3 Å². The molecule has 1 aliphatic heterocycles. The van der Waals surface area contributed by atoms with Crippen LogP contribution in [0.2, 0.25) is 0 Å². The largest absolute Gasteiger partial charge is 0.298 e. The number of hydrogen-bond donors (Lipinski definition) is 0. The van der Waals surface area contributed by atoms with Crippen molar-refractivity contribution in [2.45, 2.75) is 38.6 Å². The Labute approximate surface area is 165 Å². The van der Waals surface area contributed by atoms with Crippen LogP contribution in [-0.2, 0) is 13.0 Å². The summed E-state index contributed by atoms with van der Waals surface area (Å²) in [6, 6.07) is 12.7. The van der Waals surface area contributed by atoms with Gasteiger partial charge in [-0.05, 0) is 55.8 Å². The molecule has 1 aromatic carbocycles. The Bertz CT molecular complexity index is 909. The fourth-order valence-electron chi connectivity index (χ4n) is 3.80. The fourth-order valence-corrected chi connectivity index (χ4v) is 3.80. The van der Waals surface area contributed by atoms with Gasteiger partial charge < -0.3 is 0 Å². The molecule has 144 valence electrons. The van der Waals surface area contributed by atoms with Gasteiger partial charge in [0.25, 0.3) is 0 Å². The quantitative estimate of drug-likeness (QED) is 0.652. The average molecular weight is 376 g/mol. The maximum absolute atomic E-state index is 13.2. The second-order valence-corrected chi connectivity index (χ2v) is 7.39. The highest BCUT2D eigenvalue weighted by atomic mass is 19.1. The van der Waals surface area contributed by atoms with Crippen molar-refractivity contribution in [1.29, 1.82) is 0 Å². The maximum Gasteiger partial charge on any atom is 0.127 e. The van der Waals surface area contributed by atoms with Crippen molar-refractivity contribution in [2.75, 3.05) is 13.1 Å². The second kappa shape index (κ2) is 8.57. The average Bonchev–Trinajstić information content (AvgIpc) is 2.75. The number of benzene rings is 1. The van der Waals surface area contributed by atoms with Crippen LogP contribution in [0.1, 0.15) is 42.8 Å². The van der Waals surface area contributed by atoms with Crippen molar-refractivity contribution < 1.29 is 4.39 Å². The third kappa shape index (κ3) is 4.42. The van der Waals surface area contributed by atoms with E-state index in [9.17, 15) is 4.39 Å². The topological polar surface area (TPSA) is 41.9 Å². The zero-order valence-corrected chi connectivity index (χ0v) is 16.2. The molecule has 3 heterocycles. The van der Waals surface area contributed by atoms with Crippen LogP contribution in [0.4, 0.5) is 4.39 Å². The Morgan fingerprint density at radius 2 is 1.86 bits per heavy atom.